The molecule has 5 nitrogen and oxygen atoms in total. The Morgan fingerprint density at radius 3 is 2.30 bits per heavy atom. The van der Waals surface area contributed by atoms with Crippen molar-refractivity contribution in [3.63, 3.8) is 0 Å². The molecule has 0 amide bonds. The van der Waals surface area contributed by atoms with Crippen LogP contribution in [0.2, 0.25) is 0 Å². The van der Waals surface area contributed by atoms with Gasteiger partial charge >= 0.3 is 5.97 Å². The molecule has 0 aliphatic rings. The summed E-state index contributed by atoms with van der Waals surface area (Å²) in [6, 6.07) is 4.22. The average molecular weight is 302 g/mol. The zero-order chi connectivity index (χ0) is 15.2. The molecule has 0 bridgehead atoms. The van der Waals surface area contributed by atoms with E-state index in [4.69, 9.17) is 0 Å². The van der Waals surface area contributed by atoms with Crippen LogP contribution >= 0.6 is 0 Å². The molecule has 0 atom stereocenters. The number of hydrogen-bond acceptors (Lipinski definition) is 5. The van der Waals surface area contributed by atoms with Crippen LogP contribution in [0.1, 0.15) is 19.8 Å². The van der Waals surface area contributed by atoms with E-state index in [9.17, 15) is 22.4 Å². The molecule has 110 valence electrons. The van der Waals surface area contributed by atoms with Gasteiger partial charge in [-0.25, -0.2) is 12.8 Å². The summed E-state index contributed by atoms with van der Waals surface area (Å²) < 4.78 is 41.1. The van der Waals surface area contributed by atoms with Crippen molar-refractivity contribution in [3.05, 3.63) is 30.1 Å². The molecule has 0 N–H and O–H groups in total. The highest BCUT2D eigenvalue weighted by Crippen LogP contribution is 2.12. The first-order valence-electron chi connectivity index (χ1n) is 6.01. The Kier molecular flexibility index (Phi) is 5.82. The normalized spacial score (nSPS) is 11.1. The van der Waals surface area contributed by atoms with E-state index in [1.54, 1.807) is 6.92 Å². The summed E-state index contributed by atoms with van der Waals surface area (Å²) in [6.07, 6.45) is -0.342. The van der Waals surface area contributed by atoms with Crippen LogP contribution in [-0.4, -0.2) is 32.5 Å². The van der Waals surface area contributed by atoms with Gasteiger partial charge in [-0.15, -0.1) is 0 Å². The maximum absolute atomic E-state index is 12.7. The Hall–Kier alpha value is -1.76. The molecule has 0 aliphatic heterocycles. The summed E-state index contributed by atoms with van der Waals surface area (Å²) in [5.41, 5.74) is 0. The first-order chi connectivity index (χ1) is 9.35. The second-order valence-electron chi connectivity index (χ2n) is 4.06. The van der Waals surface area contributed by atoms with Crippen LogP contribution in [0.15, 0.2) is 29.2 Å². The molecule has 1 aromatic carbocycles. The van der Waals surface area contributed by atoms with Gasteiger partial charge in [0.2, 0.25) is 0 Å². The third-order valence-corrected chi connectivity index (χ3v) is 4.13. The molecule has 0 aliphatic carbocycles. The van der Waals surface area contributed by atoms with Gasteiger partial charge in [0.15, 0.2) is 9.84 Å². The lowest BCUT2D eigenvalue weighted by Gasteiger charge is -2.04. The number of halogens is 1. The molecule has 0 spiro atoms. The highest BCUT2D eigenvalue weighted by Gasteiger charge is 2.20. The smallest absolute Gasteiger partial charge is 0.306 e. The molecule has 0 saturated carbocycles. The summed E-state index contributed by atoms with van der Waals surface area (Å²) in [6.45, 7) is 1.85. The van der Waals surface area contributed by atoms with Gasteiger partial charge in [-0.1, -0.05) is 0 Å². The minimum Gasteiger partial charge on any atom is -0.466 e. The Bertz CT molecular complexity index is 577. The molecule has 1 aromatic rings. The molecule has 0 heterocycles. The van der Waals surface area contributed by atoms with Gasteiger partial charge < -0.3 is 4.74 Å². The predicted molar refractivity (Wildman–Crippen MR) is 69.3 cm³/mol. The monoisotopic (exact) mass is 302 g/mol. The molecule has 7 heteroatoms. The highest BCUT2D eigenvalue weighted by atomic mass is 32.2. The zero-order valence-electron chi connectivity index (χ0n) is 11.0. The minimum atomic E-state index is -3.80. The Morgan fingerprint density at radius 2 is 1.75 bits per heavy atom. The zero-order valence-corrected chi connectivity index (χ0v) is 11.8. The second kappa shape index (κ2) is 7.14. The van der Waals surface area contributed by atoms with E-state index >= 15 is 0 Å². The number of benzene rings is 1. The number of rotatable bonds is 7. The van der Waals surface area contributed by atoms with E-state index in [1.807, 2.05) is 0 Å². The minimum absolute atomic E-state index is 0.122. The molecule has 20 heavy (non-hydrogen) atoms. The third-order valence-electron chi connectivity index (χ3n) is 2.44. The maximum atomic E-state index is 12.7. The van der Waals surface area contributed by atoms with Crippen molar-refractivity contribution in [2.75, 3.05) is 12.4 Å². The fraction of sp³-hybridized carbons (Fsp3) is 0.385. The van der Waals surface area contributed by atoms with Crippen molar-refractivity contribution in [2.45, 2.75) is 24.7 Å². The van der Waals surface area contributed by atoms with Crippen molar-refractivity contribution >= 4 is 21.6 Å². The third kappa shape index (κ3) is 5.08. The molecule has 0 aromatic heterocycles. The number of carbonyl (C=O) groups excluding carboxylic acids is 2. The van der Waals surface area contributed by atoms with Crippen LogP contribution in [0.5, 0.6) is 0 Å². The van der Waals surface area contributed by atoms with Gasteiger partial charge in [0.05, 0.1) is 17.9 Å². The van der Waals surface area contributed by atoms with E-state index in [0.717, 1.165) is 24.3 Å². The molecule has 0 saturated heterocycles. The van der Waals surface area contributed by atoms with Gasteiger partial charge in [0, 0.05) is 6.42 Å². The number of carbonyl (C=O) groups is 2. The van der Waals surface area contributed by atoms with Crippen LogP contribution < -0.4 is 0 Å². The van der Waals surface area contributed by atoms with Crippen LogP contribution in [-0.2, 0) is 24.2 Å². The quantitative estimate of drug-likeness (QED) is 0.563. The first-order valence-corrected chi connectivity index (χ1v) is 7.66. The molecule has 0 fully saturated rings. The van der Waals surface area contributed by atoms with Crippen molar-refractivity contribution in [1.82, 2.24) is 0 Å². The summed E-state index contributed by atoms with van der Waals surface area (Å²) in [5.74, 6) is -2.39. The number of sulfone groups is 1. The van der Waals surface area contributed by atoms with Crippen LogP contribution in [0.3, 0.4) is 0 Å². The summed E-state index contributed by atoms with van der Waals surface area (Å²) in [4.78, 5) is 22.5. The highest BCUT2D eigenvalue weighted by molar-refractivity contribution is 7.92. The number of Topliss-reactive ketones (excluding diaryl/α,β-unsaturated/α-hetero) is 1. The van der Waals surface area contributed by atoms with Crippen molar-refractivity contribution in [2.24, 2.45) is 0 Å². The number of ether oxygens (including phenoxy) is 1. The molecule has 0 unspecified atom stereocenters. The van der Waals surface area contributed by atoms with Gasteiger partial charge in [-0.05, 0) is 31.2 Å². The molecular formula is C13H15FO5S. The fourth-order valence-corrected chi connectivity index (χ4v) is 2.77. The van der Waals surface area contributed by atoms with Crippen LogP contribution in [0, 0.1) is 5.82 Å². The Balaban J connectivity index is 2.60. The fourth-order valence-electron chi connectivity index (χ4n) is 1.48. The van der Waals surface area contributed by atoms with Crippen molar-refractivity contribution < 1.29 is 27.1 Å². The van der Waals surface area contributed by atoms with Crippen molar-refractivity contribution in [1.29, 1.82) is 0 Å². The second-order valence-corrected chi connectivity index (χ2v) is 6.05. The van der Waals surface area contributed by atoms with Gasteiger partial charge in [0.1, 0.15) is 17.4 Å². The molecule has 0 radical (unpaired) electrons. The van der Waals surface area contributed by atoms with Gasteiger partial charge in [0.25, 0.3) is 0 Å². The van der Waals surface area contributed by atoms with E-state index in [2.05, 4.69) is 4.74 Å². The average Bonchev–Trinajstić information content (AvgIpc) is 2.37. The maximum Gasteiger partial charge on any atom is 0.306 e. The van der Waals surface area contributed by atoms with Crippen molar-refractivity contribution in [3.8, 4) is 0 Å². The summed E-state index contributed by atoms with van der Waals surface area (Å²) in [5, 5.41) is 0. The lowest BCUT2D eigenvalue weighted by Crippen LogP contribution is -2.17. The van der Waals surface area contributed by atoms with Gasteiger partial charge in [-0.3, -0.25) is 9.59 Å². The SMILES string of the molecule is CCOC(=O)CCC(=O)CS(=O)(=O)c1ccc(F)cc1. The topological polar surface area (TPSA) is 77.5 Å². The van der Waals surface area contributed by atoms with E-state index in [-0.39, 0.29) is 24.3 Å². The first kappa shape index (κ1) is 16.3. The molecular weight excluding hydrogens is 287 g/mol. The standard InChI is InChI=1S/C13H15FO5S/c1-2-19-13(16)8-5-11(15)9-20(17,18)12-6-3-10(14)4-7-12/h3-4,6-7H,2,5,8-9H2,1H3. The largest absolute Gasteiger partial charge is 0.466 e. The lowest BCUT2D eigenvalue weighted by molar-refractivity contribution is -0.144. The Morgan fingerprint density at radius 1 is 1.15 bits per heavy atom. The number of esters is 1. The van der Waals surface area contributed by atoms with E-state index in [1.165, 1.54) is 0 Å². The lowest BCUT2D eigenvalue weighted by atomic mass is 10.2. The van der Waals surface area contributed by atoms with E-state index < -0.39 is 33.2 Å². The van der Waals surface area contributed by atoms with Crippen LogP contribution in [0.4, 0.5) is 4.39 Å². The summed E-state index contributed by atoms with van der Waals surface area (Å²) >= 11 is 0. The van der Waals surface area contributed by atoms with E-state index in [0.29, 0.717) is 0 Å². The summed E-state index contributed by atoms with van der Waals surface area (Å²) in [7, 11) is -3.80. The van der Waals surface area contributed by atoms with Crippen LogP contribution in [0.25, 0.3) is 0 Å². The number of hydrogen-bond donors (Lipinski definition) is 0. The number of ketones is 1. The molecule has 1 rings (SSSR count). The predicted octanol–water partition coefficient (Wildman–Crippen LogP) is 1.51. The Labute approximate surface area is 116 Å². The van der Waals surface area contributed by atoms with Gasteiger partial charge in [-0.2, -0.15) is 0 Å².